The monoisotopic (exact) mass is 1050 g/mol. The Hall–Kier alpha value is -6.30. The molecule has 0 aliphatic carbocycles. The van der Waals surface area contributed by atoms with Gasteiger partial charge >= 0.3 is 24.2 Å². The van der Waals surface area contributed by atoms with E-state index >= 15 is 0 Å². The first-order chi connectivity index (χ1) is 35.0. The third kappa shape index (κ3) is 18.9. The number of rotatable bonds is 27. The van der Waals surface area contributed by atoms with Crippen molar-refractivity contribution in [3.63, 3.8) is 0 Å². The minimum Gasteiger partial charge on any atom is -0.354 e. The maximum Gasteiger partial charge on any atom is 0.471 e. The van der Waals surface area contributed by atoms with Crippen LogP contribution in [0.25, 0.3) is 0 Å². The van der Waals surface area contributed by atoms with Crippen molar-refractivity contribution in [1.82, 2.24) is 51.5 Å². The Morgan fingerprint density at radius 2 is 0.932 bits per heavy atom. The van der Waals surface area contributed by atoms with E-state index < -0.39 is 109 Å². The summed E-state index contributed by atoms with van der Waals surface area (Å²) in [4.78, 5) is 110. The highest BCUT2D eigenvalue weighted by atomic mass is 19.4. The van der Waals surface area contributed by atoms with Gasteiger partial charge in [-0.1, -0.05) is 60.7 Å². The van der Waals surface area contributed by atoms with Gasteiger partial charge in [0, 0.05) is 77.3 Å². The van der Waals surface area contributed by atoms with E-state index in [9.17, 15) is 64.7 Å². The summed E-state index contributed by atoms with van der Waals surface area (Å²) in [6.45, 7) is 1.90. The van der Waals surface area contributed by atoms with Crippen molar-refractivity contribution < 1.29 is 64.7 Å². The number of amides is 8. The van der Waals surface area contributed by atoms with E-state index in [1.54, 1.807) is 74.5 Å². The number of carbonyl (C=O) groups is 8. The summed E-state index contributed by atoms with van der Waals surface area (Å²) in [5.41, 5.74) is 1.44. The maximum absolute atomic E-state index is 14.1. The van der Waals surface area contributed by atoms with Gasteiger partial charge in [0.15, 0.2) is 0 Å². The van der Waals surface area contributed by atoms with E-state index in [1.807, 2.05) is 0 Å². The molecule has 0 unspecified atom stereocenters. The van der Waals surface area contributed by atoms with E-state index in [0.717, 1.165) is 11.1 Å². The summed E-state index contributed by atoms with van der Waals surface area (Å²) >= 11 is 0. The highest BCUT2D eigenvalue weighted by Crippen LogP contribution is 2.26. The van der Waals surface area contributed by atoms with Gasteiger partial charge < -0.3 is 51.5 Å². The van der Waals surface area contributed by atoms with E-state index in [2.05, 4.69) is 31.9 Å². The lowest BCUT2D eigenvalue weighted by atomic mass is 10.1. The normalized spacial score (nSPS) is 17.4. The van der Waals surface area contributed by atoms with Crippen molar-refractivity contribution in [3.05, 3.63) is 71.8 Å². The molecule has 2 aromatic carbocycles. The molecule has 2 aromatic rings. The number of alkyl halides is 6. The van der Waals surface area contributed by atoms with Gasteiger partial charge in [-0.25, -0.2) is 0 Å². The van der Waals surface area contributed by atoms with Gasteiger partial charge in [-0.3, -0.25) is 38.4 Å². The largest absolute Gasteiger partial charge is 0.471 e. The second kappa shape index (κ2) is 29.0. The molecule has 410 valence electrons. The van der Waals surface area contributed by atoms with Crippen molar-refractivity contribution in [2.24, 2.45) is 0 Å². The molecule has 0 radical (unpaired) electrons. The van der Waals surface area contributed by atoms with Crippen LogP contribution in [-0.2, 0) is 51.2 Å². The van der Waals surface area contributed by atoms with Crippen LogP contribution in [0.5, 0.6) is 0 Å². The first-order valence-corrected chi connectivity index (χ1v) is 24.9. The Balaban J connectivity index is 1.33. The Labute approximate surface area is 427 Å². The molecule has 24 heteroatoms. The number of hydrogen-bond acceptors (Lipinski definition) is 10. The Morgan fingerprint density at radius 1 is 0.581 bits per heavy atom. The fourth-order valence-corrected chi connectivity index (χ4v) is 8.77. The van der Waals surface area contributed by atoms with Crippen molar-refractivity contribution >= 4 is 47.3 Å². The predicted octanol–water partition coefficient (Wildman–Crippen LogP) is 2.21. The molecule has 2 fully saturated rings. The lowest BCUT2D eigenvalue weighted by molar-refractivity contribution is -0.186. The molecule has 74 heavy (non-hydrogen) atoms. The third-order valence-electron chi connectivity index (χ3n) is 13.2. The van der Waals surface area contributed by atoms with Crippen LogP contribution in [0.1, 0.15) is 76.3 Å². The van der Waals surface area contributed by atoms with Crippen LogP contribution in [0, 0.1) is 0 Å². The predicted molar refractivity (Wildman–Crippen MR) is 260 cm³/mol. The summed E-state index contributed by atoms with van der Waals surface area (Å²) in [6.07, 6.45) is -9.54. The number of hydrogen-bond donors (Lipinski definition) is 6. The van der Waals surface area contributed by atoms with Crippen LogP contribution < -0.4 is 31.9 Å². The molecule has 4 rings (SSSR count). The first kappa shape index (κ1) is 60.3. The molecule has 18 nitrogen and oxygen atoms in total. The zero-order valence-corrected chi connectivity index (χ0v) is 42.3. The van der Waals surface area contributed by atoms with Gasteiger partial charge in [-0.05, 0) is 90.4 Å². The molecule has 6 atom stereocenters. The van der Waals surface area contributed by atoms with E-state index in [-0.39, 0.29) is 77.8 Å². The highest BCUT2D eigenvalue weighted by Gasteiger charge is 2.46. The molecular weight excluding hydrogens is 983 g/mol. The molecule has 2 heterocycles. The van der Waals surface area contributed by atoms with E-state index in [1.165, 1.54) is 23.9 Å². The molecule has 2 aliphatic heterocycles. The number of nitrogens with zero attached hydrogens (tertiary/aromatic N) is 4. The van der Waals surface area contributed by atoms with Gasteiger partial charge in [0.1, 0.15) is 12.1 Å². The summed E-state index contributed by atoms with van der Waals surface area (Å²) in [5, 5.41) is 16.1. The Morgan fingerprint density at radius 3 is 1.26 bits per heavy atom. The zero-order valence-electron chi connectivity index (χ0n) is 42.3. The molecule has 2 aliphatic rings. The molecule has 0 aromatic heterocycles. The number of nitrogens with one attached hydrogen (secondary N) is 6. The minimum absolute atomic E-state index is 0.0851. The van der Waals surface area contributed by atoms with Crippen molar-refractivity contribution in [3.8, 4) is 0 Å². The molecule has 8 amide bonds. The summed E-state index contributed by atoms with van der Waals surface area (Å²) < 4.78 is 82.6. The van der Waals surface area contributed by atoms with E-state index in [4.69, 9.17) is 0 Å². The van der Waals surface area contributed by atoms with Crippen molar-refractivity contribution in [2.75, 3.05) is 66.5 Å². The molecule has 2 saturated heterocycles. The smallest absolute Gasteiger partial charge is 0.354 e. The van der Waals surface area contributed by atoms with Gasteiger partial charge in [0.2, 0.25) is 35.4 Å². The zero-order chi connectivity index (χ0) is 54.6. The van der Waals surface area contributed by atoms with Crippen LogP contribution in [-0.4, -0.2) is 182 Å². The topological polar surface area (TPSA) is 222 Å². The van der Waals surface area contributed by atoms with Crippen LogP contribution >= 0.6 is 0 Å². The van der Waals surface area contributed by atoms with Gasteiger partial charge in [0.25, 0.3) is 0 Å². The third-order valence-corrected chi connectivity index (χ3v) is 13.2. The maximum atomic E-state index is 14.1. The van der Waals surface area contributed by atoms with Crippen LogP contribution in [0.15, 0.2) is 60.7 Å². The summed E-state index contributed by atoms with van der Waals surface area (Å²) in [6, 6.07) is 11.7. The number of halogens is 6. The SMILES string of the molecule is CN[C@@H](C)C(=O)N[C@@H](CCC(=O)NCCNC(=O)CC[C@H](NC(=O)[C@H](C)NC)C(=O)N1CCC[C@H]1CN(CCc1ccccc1)C(=O)C(F)(F)F)C(=O)N1CCC[C@H]1CN(CCc1ccccc1)C(=O)C(F)(F)F. The van der Waals surface area contributed by atoms with Crippen LogP contribution in [0.4, 0.5) is 26.3 Å². The average molecular weight is 1050 g/mol. The number of carbonyl (C=O) groups excluding carboxylic acids is 8. The molecule has 0 bridgehead atoms. The minimum atomic E-state index is -5.15. The van der Waals surface area contributed by atoms with Gasteiger partial charge in [-0.2, -0.15) is 26.3 Å². The lowest BCUT2D eigenvalue weighted by Crippen LogP contribution is -2.56. The molecule has 6 N–H and O–H groups in total. The number of likely N-dealkylation sites (tertiary alicyclic amines) is 2. The van der Waals surface area contributed by atoms with Crippen LogP contribution in [0.3, 0.4) is 0 Å². The summed E-state index contributed by atoms with van der Waals surface area (Å²) in [7, 11) is 3.05. The standard InChI is InChI=1S/C50H70F6N10O8/c1-33(57-3)43(69)61-39(45(71)65-27-11-17-37(65)31-63(47(73)49(51,52)53)29-23-35-13-7-5-8-14-35)19-21-41(67)59-25-26-60-42(68)22-20-40(62-44(70)34(2)58-4)46(72)66-28-12-18-38(66)32-64(48(74)50(54,55)56)30-24-36-15-9-6-10-16-36/h5-10,13-16,33-34,37-40,57-58H,11-12,17-32H2,1-4H3,(H,59,67)(H,60,68)(H,61,69)(H,62,70)/t33-,34-,37-,38-,39-,40-/m0/s1. The van der Waals surface area contributed by atoms with E-state index in [0.29, 0.717) is 35.5 Å². The Bertz CT molecular complexity index is 2040. The van der Waals surface area contributed by atoms with Crippen LogP contribution in [0.2, 0.25) is 0 Å². The number of benzene rings is 2. The quantitative estimate of drug-likeness (QED) is 0.0566. The highest BCUT2D eigenvalue weighted by molar-refractivity contribution is 5.92. The summed E-state index contributed by atoms with van der Waals surface area (Å²) in [5.74, 6) is -7.58. The number of likely N-dealkylation sites (N-methyl/N-ethyl adjacent to an activating group) is 2. The van der Waals surface area contributed by atoms with Gasteiger partial charge in [0.05, 0.1) is 12.1 Å². The Kier molecular flexibility index (Phi) is 23.6. The fraction of sp³-hybridized carbons (Fsp3) is 0.600. The second-order valence-electron chi connectivity index (χ2n) is 18.5. The first-order valence-electron chi connectivity index (χ1n) is 24.9. The van der Waals surface area contributed by atoms with Crippen molar-refractivity contribution in [2.45, 2.75) is 127 Å². The van der Waals surface area contributed by atoms with Gasteiger partial charge in [-0.15, -0.1) is 0 Å². The molecule has 0 saturated carbocycles. The fourth-order valence-electron chi connectivity index (χ4n) is 8.77. The van der Waals surface area contributed by atoms with Crippen molar-refractivity contribution in [1.29, 1.82) is 0 Å². The lowest BCUT2D eigenvalue weighted by Gasteiger charge is -2.33. The molecular formula is C50H70F6N10O8. The molecule has 0 spiro atoms. The second-order valence-corrected chi connectivity index (χ2v) is 18.5. The average Bonchev–Trinajstić information content (AvgIpc) is 4.06.